The second-order valence-corrected chi connectivity index (χ2v) is 2.60. The molecular formula is C10H8FNO2. The van der Waals surface area contributed by atoms with Crippen LogP contribution in [-0.2, 0) is 0 Å². The van der Waals surface area contributed by atoms with Crippen LogP contribution in [0.25, 0.3) is 0 Å². The van der Waals surface area contributed by atoms with Gasteiger partial charge in [0.1, 0.15) is 11.6 Å². The first-order valence-corrected chi connectivity index (χ1v) is 3.92. The first-order valence-electron chi connectivity index (χ1n) is 3.92. The Kier molecular flexibility index (Phi) is 3.19. The van der Waals surface area contributed by atoms with Crippen molar-refractivity contribution >= 4 is 5.78 Å². The maximum Gasteiger partial charge on any atom is 0.179 e. The topological polar surface area (TPSA) is 50.1 Å². The Bertz CT molecular complexity index is 396. The van der Waals surface area contributed by atoms with E-state index in [9.17, 15) is 9.18 Å². The highest BCUT2D eigenvalue weighted by Gasteiger charge is 2.11. The van der Waals surface area contributed by atoms with E-state index in [1.54, 1.807) is 6.07 Å². The van der Waals surface area contributed by atoms with Crippen LogP contribution in [0.2, 0.25) is 0 Å². The van der Waals surface area contributed by atoms with Crippen LogP contribution in [-0.4, -0.2) is 12.9 Å². The molecular weight excluding hydrogens is 185 g/mol. The van der Waals surface area contributed by atoms with Gasteiger partial charge in [0.15, 0.2) is 5.78 Å². The van der Waals surface area contributed by atoms with Gasteiger partial charge in [-0.05, 0) is 12.1 Å². The lowest BCUT2D eigenvalue weighted by atomic mass is 10.1. The predicted molar refractivity (Wildman–Crippen MR) is 47.5 cm³/mol. The molecule has 1 aromatic carbocycles. The van der Waals surface area contributed by atoms with Crippen LogP contribution < -0.4 is 4.74 Å². The number of benzene rings is 1. The van der Waals surface area contributed by atoms with Crippen LogP contribution in [0.3, 0.4) is 0 Å². The van der Waals surface area contributed by atoms with Crippen molar-refractivity contribution in [3.8, 4) is 11.8 Å². The van der Waals surface area contributed by atoms with Gasteiger partial charge in [0.25, 0.3) is 0 Å². The number of hydrogen-bond donors (Lipinski definition) is 0. The lowest BCUT2D eigenvalue weighted by Gasteiger charge is -2.02. The summed E-state index contributed by atoms with van der Waals surface area (Å²) in [6.45, 7) is 0. The maximum absolute atomic E-state index is 13.2. The number of ketones is 1. The molecule has 0 unspecified atom stereocenters. The van der Waals surface area contributed by atoms with Gasteiger partial charge in [0, 0.05) is 6.07 Å². The summed E-state index contributed by atoms with van der Waals surface area (Å²) in [4.78, 5) is 11.2. The molecule has 1 rings (SSSR count). The zero-order valence-corrected chi connectivity index (χ0v) is 7.58. The minimum Gasteiger partial charge on any atom is -0.497 e. The molecule has 0 heterocycles. The van der Waals surface area contributed by atoms with E-state index < -0.39 is 11.6 Å². The van der Waals surface area contributed by atoms with Gasteiger partial charge in [-0.2, -0.15) is 5.26 Å². The highest BCUT2D eigenvalue weighted by molar-refractivity contribution is 5.97. The van der Waals surface area contributed by atoms with Crippen molar-refractivity contribution in [2.45, 2.75) is 6.42 Å². The van der Waals surface area contributed by atoms with Crippen LogP contribution in [0.5, 0.6) is 5.75 Å². The number of ether oxygens (including phenoxy) is 1. The molecule has 3 nitrogen and oxygen atoms in total. The van der Waals surface area contributed by atoms with Crippen molar-refractivity contribution in [1.82, 2.24) is 0 Å². The van der Waals surface area contributed by atoms with Gasteiger partial charge < -0.3 is 4.74 Å². The average Bonchev–Trinajstić information content (AvgIpc) is 2.17. The molecule has 1 aromatic rings. The Balaban J connectivity index is 3.01. The van der Waals surface area contributed by atoms with Crippen LogP contribution in [0.1, 0.15) is 16.8 Å². The summed E-state index contributed by atoms with van der Waals surface area (Å²) < 4.78 is 18.0. The molecule has 0 aliphatic heterocycles. The molecule has 4 heteroatoms. The molecule has 0 fully saturated rings. The Hall–Kier alpha value is -1.89. The lowest BCUT2D eigenvalue weighted by molar-refractivity contribution is 0.0994. The van der Waals surface area contributed by atoms with Gasteiger partial charge >= 0.3 is 0 Å². The van der Waals surface area contributed by atoms with Gasteiger partial charge in [-0.3, -0.25) is 4.79 Å². The minimum absolute atomic E-state index is 0.0765. The summed E-state index contributed by atoms with van der Waals surface area (Å²) in [5.41, 5.74) is -0.0765. The van der Waals surface area contributed by atoms with Gasteiger partial charge in [0.2, 0.25) is 0 Å². The number of hydrogen-bond acceptors (Lipinski definition) is 3. The number of carbonyl (C=O) groups is 1. The molecule has 0 aliphatic rings. The van der Waals surface area contributed by atoms with Gasteiger partial charge in [-0.25, -0.2) is 4.39 Å². The van der Waals surface area contributed by atoms with Gasteiger partial charge in [-0.15, -0.1) is 0 Å². The van der Waals surface area contributed by atoms with Crippen molar-refractivity contribution in [3.63, 3.8) is 0 Å². The first-order chi connectivity index (χ1) is 6.69. The van der Waals surface area contributed by atoms with E-state index in [1.807, 2.05) is 0 Å². The molecule has 0 aliphatic carbocycles. The number of methoxy groups -OCH3 is 1. The molecule has 0 saturated carbocycles. The summed E-state index contributed by atoms with van der Waals surface area (Å²) in [7, 11) is 1.41. The Labute approximate surface area is 80.7 Å². The highest BCUT2D eigenvalue weighted by Crippen LogP contribution is 2.17. The van der Waals surface area contributed by atoms with E-state index in [4.69, 9.17) is 10.00 Å². The van der Waals surface area contributed by atoms with Crippen molar-refractivity contribution in [2.75, 3.05) is 7.11 Å². The third kappa shape index (κ3) is 2.07. The minimum atomic E-state index is -0.662. The summed E-state index contributed by atoms with van der Waals surface area (Å²) >= 11 is 0. The van der Waals surface area contributed by atoms with Crippen molar-refractivity contribution in [3.05, 3.63) is 29.6 Å². The second kappa shape index (κ2) is 4.38. The number of nitriles is 1. The smallest absolute Gasteiger partial charge is 0.179 e. The van der Waals surface area contributed by atoms with Crippen LogP contribution >= 0.6 is 0 Å². The number of nitrogens with zero attached hydrogens (tertiary/aromatic N) is 1. The Morgan fingerprint density at radius 2 is 2.36 bits per heavy atom. The predicted octanol–water partition coefficient (Wildman–Crippen LogP) is 1.93. The molecule has 0 aromatic heterocycles. The van der Waals surface area contributed by atoms with E-state index in [0.717, 1.165) is 6.07 Å². The summed E-state index contributed by atoms with van der Waals surface area (Å²) in [5.74, 6) is -0.840. The standard InChI is InChI=1S/C10H8FNO2/c1-14-7-2-3-8(9(11)6-7)10(13)4-5-12/h2-3,6H,4H2,1H3. The first kappa shape index (κ1) is 10.2. The third-order valence-electron chi connectivity index (χ3n) is 1.72. The average molecular weight is 193 g/mol. The normalized spacial score (nSPS) is 9.21. The zero-order valence-electron chi connectivity index (χ0n) is 7.58. The molecule has 14 heavy (non-hydrogen) atoms. The van der Waals surface area contributed by atoms with Crippen LogP contribution in [0, 0.1) is 17.1 Å². The van der Waals surface area contributed by atoms with Gasteiger partial charge in [-0.1, -0.05) is 0 Å². The molecule has 0 amide bonds. The molecule has 0 atom stereocenters. The highest BCUT2D eigenvalue weighted by atomic mass is 19.1. The van der Waals surface area contributed by atoms with E-state index >= 15 is 0 Å². The fraction of sp³-hybridized carbons (Fsp3) is 0.200. The van der Waals surface area contributed by atoms with Crippen LogP contribution in [0.4, 0.5) is 4.39 Å². The summed E-state index contributed by atoms with van der Waals surface area (Å²) in [6, 6.07) is 5.58. The SMILES string of the molecule is COc1ccc(C(=O)CC#N)c(F)c1. The number of rotatable bonds is 3. The molecule has 72 valence electrons. The Morgan fingerprint density at radius 1 is 1.64 bits per heavy atom. The van der Waals surface area contributed by atoms with Gasteiger partial charge in [0.05, 0.1) is 25.2 Å². The zero-order chi connectivity index (χ0) is 10.6. The van der Waals surface area contributed by atoms with Crippen molar-refractivity contribution in [1.29, 1.82) is 5.26 Å². The maximum atomic E-state index is 13.2. The quantitative estimate of drug-likeness (QED) is 0.689. The third-order valence-corrected chi connectivity index (χ3v) is 1.72. The number of carbonyl (C=O) groups excluding carboxylic acids is 1. The van der Waals surface area contributed by atoms with Crippen molar-refractivity contribution in [2.24, 2.45) is 0 Å². The molecule has 0 radical (unpaired) electrons. The Morgan fingerprint density at radius 3 is 2.86 bits per heavy atom. The van der Waals surface area contributed by atoms with Crippen molar-refractivity contribution < 1.29 is 13.9 Å². The second-order valence-electron chi connectivity index (χ2n) is 2.60. The molecule has 0 N–H and O–H groups in total. The molecule has 0 bridgehead atoms. The monoisotopic (exact) mass is 193 g/mol. The van der Waals surface area contributed by atoms with E-state index in [0.29, 0.717) is 5.75 Å². The lowest BCUT2D eigenvalue weighted by Crippen LogP contribution is -2.01. The molecule has 0 saturated heterocycles. The van der Waals surface area contributed by atoms with E-state index in [1.165, 1.54) is 19.2 Å². The molecule has 0 spiro atoms. The van der Waals surface area contributed by atoms with E-state index in [-0.39, 0.29) is 12.0 Å². The van der Waals surface area contributed by atoms with E-state index in [2.05, 4.69) is 0 Å². The fourth-order valence-electron chi connectivity index (χ4n) is 1.02. The summed E-state index contributed by atoms with van der Waals surface area (Å²) in [6.07, 6.45) is -0.316. The van der Waals surface area contributed by atoms with Crippen LogP contribution in [0.15, 0.2) is 18.2 Å². The summed E-state index contributed by atoms with van der Waals surface area (Å²) in [5, 5.41) is 8.27. The number of Topliss-reactive ketones (excluding diaryl/α,β-unsaturated/α-hetero) is 1. The largest absolute Gasteiger partial charge is 0.497 e. The fourth-order valence-corrected chi connectivity index (χ4v) is 1.02. The number of halogens is 1.